The molecule has 0 rings (SSSR count). The maximum atomic E-state index is 3.53. The first-order valence-corrected chi connectivity index (χ1v) is 3.36. The van der Waals surface area contributed by atoms with Crippen LogP contribution in [0.3, 0.4) is 0 Å². The zero-order valence-electron chi connectivity index (χ0n) is 4.55. The maximum Gasteiger partial charge on any atom is -0.00544 e. The van der Waals surface area contributed by atoms with E-state index in [0.717, 1.165) is 5.75 Å². The molecule has 0 aromatic heterocycles. The Labute approximate surface area is 49.3 Å². The topological polar surface area (TPSA) is 0 Å². The third-order valence-corrected chi connectivity index (χ3v) is 1.16. The van der Waals surface area contributed by atoms with Gasteiger partial charge in [0.2, 0.25) is 0 Å². The number of hydrogen-bond acceptors (Lipinski definition) is 1. The molecule has 0 fully saturated rings. The number of hydrogen-bond donors (Lipinski definition) is 0. The highest BCUT2D eigenvalue weighted by atomic mass is 32.2. The molecule has 0 aromatic carbocycles. The van der Waals surface area contributed by atoms with Gasteiger partial charge >= 0.3 is 0 Å². The highest BCUT2D eigenvalue weighted by Crippen LogP contribution is 1.98. The van der Waals surface area contributed by atoms with Crippen molar-refractivity contribution in [2.24, 2.45) is 0 Å². The summed E-state index contributed by atoms with van der Waals surface area (Å²) in [6.45, 7) is 5.66. The summed E-state index contributed by atoms with van der Waals surface area (Å²) in [5.41, 5.74) is 0. The first-order chi connectivity index (χ1) is 3.41. The van der Waals surface area contributed by atoms with Gasteiger partial charge in [-0.3, -0.25) is 0 Å². The van der Waals surface area contributed by atoms with Crippen LogP contribution in [-0.4, -0.2) is 5.75 Å². The zero-order chi connectivity index (χ0) is 5.54. The molecule has 0 aliphatic carbocycles. The second-order valence-corrected chi connectivity index (χ2v) is 2.20. The van der Waals surface area contributed by atoms with Crippen molar-refractivity contribution >= 4 is 11.8 Å². The van der Waals surface area contributed by atoms with Crippen molar-refractivity contribution in [1.29, 1.82) is 0 Å². The van der Waals surface area contributed by atoms with Gasteiger partial charge in [-0.2, -0.15) is 0 Å². The fourth-order valence-electron chi connectivity index (χ4n) is 0.207. The Hall–Kier alpha value is -0.170. The minimum Gasteiger partial charge on any atom is -0.134 e. The molecule has 0 nitrogen and oxygen atoms in total. The molecule has 0 aromatic rings. The highest BCUT2D eigenvalue weighted by Gasteiger charge is 1.65. The Kier molecular flexibility index (Phi) is 5.69. The van der Waals surface area contributed by atoms with Crippen molar-refractivity contribution in [3.63, 3.8) is 0 Å². The van der Waals surface area contributed by atoms with Crippen LogP contribution in [0.1, 0.15) is 6.92 Å². The summed E-state index contributed by atoms with van der Waals surface area (Å²) in [6, 6.07) is 0. The van der Waals surface area contributed by atoms with E-state index in [2.05, 4.69) is 13.5 Å². The summed E-state index contributed by atoms with van der Waals surface area (Å²) in [6.07, 6.45) is 3.72. The fraction of sp³-hybridized carbons (Fsp3) is 0.333. The van der Waals surface area contributed by atoms with Crippen LogP contribution in [0.15, 0.2) is 24.1 Å². The molecular formula is C6H10S. The number of rotatable bonds is 3. The van der Waals surface area contributed by atoms with Gasteiger partial charge in [0, 0.05) is 0 Å². The summed E-state index contributed by atoms with van der Waals surface area (Å²) in [5.74, 6) is 1.14. The minimum absolute atomic E-state index is 1.14. The van der Waals surface area contributed by atoms with E-state index < -0.39 is 0 Å². The molecule has 0 bridgehead atoms. The lowest BCUT2D eigenvalue weighted by molar-refractivity contribution is 1.54. The molecule has 1 heteroatoms. The quantitative estimate of drug-likeness (QED) is 0.508. The van der Waals surface area contributed by atoms with Crippen molar-refractivity contribution in [1.82, 2.24) is 0 Å². The van der Waals surface area contributed by atoms with Crippen LogP contribution >= 0.6 is 11.8 Å². The molecule has 0 saturated heterocycles. The molecule has 7 heavy (non-hydrogen) atoms. The van der Waals surface area contributed by atoms with Crippen LogP contribution in [0.4, 0.5) is 0 Å². The number of thioether (sulfide) groups is 1. The average molecular weight is 114 g/mol. The Morgan fingerprint density at radius 1 is 1.71 bits per heavy atom. The summed E-state index contributed by atoms with van der Waals surface area (Å²) in [7, 11) is 0. The Morgan fingerprint density at radius 2 is 2.43 bits per heavy atom. The van der Waals surface area contributed by atoms with Crippen molar-refractivity contribution < 1.29 is 0 Å². The molecule has 0 radical (unpaired) electrons. The molecule has 0 spiro atoms. The lowest BCUT2D eigenvalue weighted by Crippen LogP contribution is -1.54. The molecular weight excluding hydrogens is 104 g/mol. The second kappa shape index (κ2) is 5.83. The fourth-order valence-corrected chi connectivity index (χ4v) is 0.622. The van der Waals surface area contributed by atoms with Gasteiger partial charge in [-0.1, -0.05) is 25.7 Å². The van der Waals surface area contributed by atoms with E-state index in [0.29, 0.717) is 0 Å². The predicted molar refractivity (Wildman–Crippen MR) is 37.5 cm³/mol. The summed E-state index contributed by atoms with van der Waals surface area (Å²) < 4.78 is 0. The predicted octanol–water partition coefficient (Wildman–Crippen LogP) is 2.44. The van der Waals surface area contributed by atoms with Gasteiger partial charge in [-0.05, 0) is 11.2 Å². The van der Waals surface area contributed by atoms with Crippen molar-refractivity contribution in [2.75, 3.05) is 5.75 Å². The Bertz CT molecular complexity index is 64.6. The summed E-state index contributed by atoms with van der Waals surface area (Å²) in [5, 5.41) is 2.03. The summed E-state index contributed by atoms with van der Waals surface area (Å²) >= 11 is 1.78. The van der Waals surface area contributed by atoms with Crippen LogP contribution in [-0.2, 0) is 0 Å². The third kappa shape index (κ3) is 5.83. The van der Waals surface area contributed by atoms with Crippen LogP contribution < -0.4 is 0 Å². The smallest absolute Gasteiger partial charge is 0.00544 e. The average Bonchev–Trinajstić information content (AvgIpc) is 1.69. The van der Waals surface area contributed by atoms with Gasteiger partial charge < -0.3 is 0 Å². The molecule has 0 aliphatic heterocycles. The summed E-state index contributed by atoms with van der Waals surface area (Å²) in [4.78, 5) is 0. The lowest BCUT2D eigenvalue weighted by atomic mass is 10.6. The van der Waals surface area contributed by atoms with E-state index in [1.807, 2.05) is 11.5 Å². The van der Waals surface area contributed by atoms with E-state index in [9.17, 15) is 0 Å². The van der Waals surface area contributed by atoms with Crippen LogP contribution in [0, 0.1) is 0 Å². The van der Waals surface area contributed by atoms with Crippen molar-refractivity contribution in [3.8, 4) is 0 Å². The molecule has 0 N–H and O–H groups in total. The standard InChI is InChI=1S/C6H10S/c1-3-5-6-7-4-2/h3,5-6H,1,4H2,2H3/b6-5-. The second-order valence-electron chi connectivity index (χ2n) is 1.02. The van der Waals surface area contributed by atoms with E-state index >= 15 is 0 Å². The van der Waals surface area contributed by atoms with Crippen LogP contribution in [0.5, 0.6) is 0 Å². The van der Waals surface area contributed by atoms with Gasteiger partial charge in [0.05, 0.1) is 0 Å². The molecule has 0 heterocycles. The molecule has 0 unspecified atom stereocenters. The monoisotopic (exact) mass is 114 g/mol. The van der Waals surface area contributed by atoms with E-state index in [1.54, 1.807) is 17.8 Å². The van der Waals surface area contributed by atoms with E-state index in [-0.39, 0.29) is 0 Å². The first kappa shape index (κ1) is 6.83. The normalized spacial score (nSPS) is 9.86. The van der Waals surface area contributed by atoms with Crippen molar-refractivity contribution in [3.05, 3.63) is 24.1 Å². The molecule has 40 valence electrons. The minimum atomic E-state index is 1.14. The van der Waals surface area contributed by atoms with Gasteiger partial charge in [-0.15, -0.1) is 11.8 Å². The highest BCUT2D eigenvalue weighted by molar-refractivity contribution is 8.02. The lowest BCUT2D eigenvalue weighted by Gasteiger charge is -1.77. The van der Waals surface area contributed by atoms with Gasteiger partial charge in [0.25, 0.3) is 0 Å². The molecule has 0 amide bonds. The molecule has 0 saturated carbocycles. The van der Waals surface area contributed by atoms with Gasteiger partial charge in [0.1, 0.15) is 0 Å². The maximum absolute atomic E-state index is 3.53. The van der Waals surface area contributed by atoms with E-state index in [1.165, 1.54) is 0 Å². The molecule has 0 atom stereocenters. The first-order valence-electron chi connectivity index (χ1n) is 2.31. The number of allylic oxidation sites excluding steroid dienone is 2. The SMILES string of the molecule is C=C/C=C\SCC. The Morgan fingerprint density at radius 3 is 2.86 bits per heavy atom. The van der Waals surface area contributed by atoms with Gasteiger partial charge in [0.15, 0.2) is 0 Å². The largest absolute Gasteiger partial charge is 0.134 e. The molecule has 0 aliphatic rings. The van der Waals surface area contributed by atoms with Crippen LogP contribution in [0.25, 0.3) is 0 Å². The van der Waals surface area contributed by atoms with E-state index in [4.69, 9.17) is 0 Å². The third-order valence-electron chi connectivity index (χ3n) is 0.478. The van der Waals surface area contributed by atoms with Crippen molar-refractivity contribution in [2.45, 2.75) is 6.92 Å². The van der Waals surface area contributed by atoms with Crippen LogP contribution in [0.2, 0.25) is 0 Å². The zero-order valence-corrected chi connectivity index (χ0v) is 5.37. The Balaban J connectivity index is 2.92. The van der Waals surface area contributed by atoms with Gasteiger partial charge in [-0.25, -0.2) is 0 Å².